The van der Waals surface area contributed by atoms with Crippen LogP contribution in [-0.4, -0.2) is 20.2 Å². The van der Waals surface area contributed by atoms with E-state index in [9.17, 15) is 14.4 Å². The maximum Gasteiger partial charge on any atom is 0.335 e. The molecule has 2 heterocycles. The van der Waals surface area contributed by atoms with Crippen LogP contribution < -0.4 is 11.2 Å². The third-order valence-corrected chi connectivity index (χ3v) is 4.35. The highest BCUT2D eigenvalue weighted by atomic mass is 32.1. The molecule has 0 unspecified atom stereocenters. The second kappa shape index (κ2) is 5.27. The van der Waals surface area contributed by atoms with Gasteiger partial charge in [0.2, 0.25) is 0 Å². The average molecular weight is 316 g/mol. The van der Waals surface area contributed by atoms with Crippen molar-refractivity contribution in [3.63, 3.8) is 0 Å². The van der Waals surface area contributed by atoms with Crippen molar-refractivity contribution in [2.75, 3.05) is 0 Å². The Kier molecular flexibility index (Phi) is 3.42. The zero-order chi connectivity index (χ0) is 15.9. The monoisotopic (exact) mass is 316 g/mol. The number of hydrogen-bond donors (Lipinski definition) is 1. The number of carbonyl (C=O) groups is 1. The van der Waals surface area contributed by atoms with Crippen molar-refractivity contribution in [2.45, 2.75) is 6.54 Å². The van der Waals surface area contributed by atoms with Crippen LogP contribution in [0, 0.1) is 0 Å². The van der Waals surface area contributed by atoms with E-state index >= 15 is 0 Å². The van der Waals surface area contributed by atoms with E-state index in [-0.39, 0.29) is 17.5 Å². The SMILES string of the molecule is Cn1c(=O)n(Cc2cccs2)c(=O)c2cc(C(=O)O)ccc21. The van der Waals surface area contributed by atoms with Crippen molar-refractivity contribution >= 4 is 28.2 Å². The number of aromatic carboxylic acids is 1. The zero-order valence-electron chi connectivity index (χ0n) is 11.6. The van der Waals surface area contributed by atoms with E-state index in [2.05, 4.69) is 0 Å². The standard InChI is InChI=1S/C15H12N2O4S/c1-16-12-5-4-9(14(19)20)7-11(12)13(18)17(15(16)21)8-10-3-2-6-22-10/h2-7H,8H2,1H3,(H,19,20). The van der Waals surface area contributed by atoms with Crippen molar-refractivity contribution in [2.24, 2.45) is 7.05 Å². The minimum atomic E-state index is -1.11. The van der Waals surface area contributed by atoms with Gasteiger partial charge in [-0.05, 0) is 29.6 Å². The van der Waals surface area contributed by atoms with Crippen molar-refractivity contribution in [3.8, 4) is 0 Å². The Morgan fingerprint density at radius 3 is 2.68 bits per heavy atom. The van der Waals surface area contributed by atoms with E-state index in [1.165, 1.54) is 34.1 Å². The Labute approximate surface area is 128 Å². The number of aromatic nitrogens is 2. The third-order valence-electron chi connectivity index (χ3n) is 3.49. The van der Waals surface area contributed by atoms with Crippen LogP contribution in [0.5, 0.6) is 0 Å². The molecule has 22 heavy (non-hydrogen) atoms. The minimum Gasteiger partial charge on any atom is -0.478 e. The van der Waals surface area contributed by atoms with Crippen LogP contribution in [0.4, 0.5) is 0 Å². The first-order chi connectivity index (χ1) is 10.5. The molecule has 0 bridgehead atoms. The molecule has 0 spiro atoms. The lowest BCUT2D eigenvalue weighted by atomic mass is 10.1. The molecular formula is C15H12N2O4S. The van der Waals surface area contributed by atoms with Gasteiger partial charge in [0.15, 0.2) is 0 Å². The van der Waals surface area contributed by atoms with Gasteiger partial charge < -0.3 is 5.11 Å². The summed E-state index contributed by atoms with van der Waals surface area (Å²) in [5.41, 5.74) is -0.461. The van der Waals surface area contributed by atoms with Crippen LogP contribution in [0.15, 0.2) is 45.3 Å². The number of nitrogens with zero attached hydrogens (tertiary/aromatic N) is 2. The lowest BCUT2D eigenvalue weighted by Crippen LogP contribution is -2.39. The molecule has 1 N–H and O–H groups in total. The van der Waals surface area contributed by atoms with Crippen molar-refractivity contribution in [3.05, 3.63) is 67.0 Å². The highest BCUT2D eigenvalue weighted by Gasteiger charge is 2.14. The second-order valence-electron chi connectivity index (χ2n) is 4.85. The van der Waals surface area contributed by atoms with Gasteiger partial charge in [-0.2, -0.15) is 0 Å². The lowest BCUT2D eigenvalue weighted by molar-refractivity contribution is 0.0697. The fourth-order valence-electron chi connectivity index (χ4n) is 2.35. The predicted molar refractivity (Wildman–Crippen MR) is 83.8 cm³/mol. The number of benzene rings is 1. The molecule has 0 radical (unpaired) electrons. The molecule has 0 amide bonds. The molecule has 0 fully saturated rings. The molecule has 0 atom stereocenters. The summed E-state index contributed by atoms with van der Waals surface area (Å²) in [5, 5.41) is 11.2. The molecule has 0 aliphatic rings. The first kappa shape index (κ1) is 14.3. The first-order valence-corrected chi connectivity index (χ1v) is 7.36. The normalized spacial score (nSPS) is 11.0. The van der Waals surface area contributed by atoms with E-state index in [4.69, 9.17) is 5.11 Å². The summed E-state index contributed by atoms with van der Waals surface area (Å²) in [7, 11) is 1.56. The van der Waals surface area contributed by atoms with Gasteiger partial charge >= 0.3 is 11.7 Å². The molecular weight excluding hydrogens is 304 g/mol. The minimum absolute atomic E-state index is 0.0194. The van der Waals surface area contributed by atoms with Gasteiger partial charge in [-0.3, -0.25) is 13.9 Å². The summed E-state index contributed by atoms with van der Waals surface area (Å²) in [6.45, 7) is 0.177. The van der Waals surface area contributed by atoms with E-state index in [1.807, 2.05) is 17.5 Å². The predicted octanol–water partition coefficient (Wildman–Crippen LogP) is 1.51. The topological polar surface area (TPSA) is 81.3 Å². The van der Waals surface area contributed by atoms with Gasteiger partial charge in [-0.15, -0.1) is 11.3 Å². The number of fused-ring (bicyclic) bond motifs is 1. The van der Waals surface area contributed by atoms with Crippen LogP contribution in [0.3, 0.4) is 0 Å². The number of hydrogen-bond acceptors (Lipinski definition) is 4. The molecule has 0 saturated heterocycles. The Balaban J connectivity index is 2.31. The quantitative estimate of drug-likeness (QED) is 0.794. The van der Waals surface area contributed by atoms with Crippen molar-refractivity contribution < 1.29 is 9.90 Å². The smallest absolute Gasteiger partial charge is 0.335 e. The first-order valence-electron chi connectivity index (χ1n) is 6.48. The Bertz CT molecular complexity index is 983. The molecule has 7 heteroatoms. The van der Waals surface area contributed by atoms with Crippen molar-refractivity contribution in [1.82, 2.24) is 9.13 Å². The highest BCUT2D eigenvalue weighted by molar-refractivity contribution is 7.09. The number of carboxylic acid groups (broad SMARTS) is 1. The third kappa shape index (κ3) is 2.25. The molecule has 6 nitrogen and oxygen atoms in total. The number of aryl methyl sites for hydroxylation is 1. The number of rotatable bonds is 3. The maximum atomic E-state index is 12.6. The Morgan fingerprint density at radius 1 is 1.27 bits per heavy atom. The molecule has 0 aliphatic carbocycles. The zero-order valence-corrected chi connectivity index (χ0v) is 12.5. The van der Waals surface area contributed by atoms with Gasteiger partial charge in [0.05, 0.1) is 23.0 Å². The fraction of sp³-hybridized carbons (Fsp3) is 0.133. The summed E-state index contributed by atoms with van der Waals surface area (Å²) in [5.74, 6) is -1.11. The largest absolute Gasteiger partial charge is 0.478 e. The number of thiophene rings is 1. The van der Waals surface area contributed by atoms with Crippen molar-refractivity contribution in [1.29, 1.82) is 0 Å². The van der Waals surface area contributed by atoms with Gasteiger partial charge in [0, 0.05) is 11.9 Å². The summed E-state index contributed by atoms with van der Waals surface area (Å²) in [6, 6.07) is 7.86. The van der Waals surface area contributed by atoms with Crippen LogP contribution >= 0.6 is 11.3 Å². The molecule has 3 aromatic rings. The van der Waals surface area contributed by atoms with E-state index in [1.54, 1.807) is 7.05 Å². The van der Waals surface area contributed by atoms with Gasteiger partial charge in [-0.1, -0.05) is 6.07 Å². The van der Waals surface area contributed by atoms with Crippen LogP contribution in [0.2, 0.25) is 0 Å². The van der Waals surface area contributed by atoms with Crippen LogP contribution in [0.25, 0.3) is 10.9 Å². The summed E-state index contributed by atoms with van der Waals surface area (Å²) in [4.78, 5) is 36.9. The summed E-state index contributed by atoms with van der Waals surface area (Å²) >= 11 is 1.45. The lowest BCUT2D eigenvalue weighted by Gasteiger charge is -2.10. The molecule has 112 valence electrons. The van der Waals surface area contributed by atoms with Gasteiger partial charge in [-0.25, -0.2) is 9.59 Å². The maximum absolute atomic E-state index is 12.6. The van der Waals surface area contributed by atoms with E-state index < -0.39 is 17.2 Å². The second-order valence-corrected chi connectivity index (χ2v) is 5.88. The average Bonchev–Trinajstić information content (AvgIpc) is 3.02. The summed E-state index contributed by atoms with van der Waals surface area (Å²) in [6.07, 6.45) is 0. The molecule has 0 saturated carbocycles. The summed E-state index contributed by atoms with van der Waals surface area (Å²) < 4.78 is 2.48. The molecule has 1 aromatic carbocycles. The molecule has 0 aliphatic heterocycles. The molecule has 3 rings (SSSR count). The Hall–Kier alpha value is -2.67. The molecule has 2 aromatic heterocycles. The Morgan fingerprint density at radius 2 is 2.05 bits per heavy atom. The van der Waals surface area contributed by atoms with Gasteiger partial charge in [0.25, 0.3) is 5.56 Å². The fourth-order valence-corrected chi connectivity index (χ4v) is 3.04. The van der Waals surface area contributed by atoms with Gasteiger partial charge in [0.1, 0.15) is 0 Å². The van der Waals surface area contributed by atoms with E-state index in [0.717, 1.165) is 9.44 Å². The highest BCUT2D eigenvalue weighted by Crippen LogP contribution is 2.12. The van der Waals surface area contributed by atoms with Crippen LogP contribution in [0.1, 0.15) is 15.2 Å². The van der Waals surface area contributed by atoms with E-state index in [0.29, 0.717) is 5.52 Å². The number of carboxylic acids is 1. The van der Waals surface area contributed by atoms with Crippen LogP contribution in [-0.2, 0) is 13.6 Å².